The van der Waals surface area contributed by atoms with Crippen LogP contribution in [0.15, 0.2) is 52.2 Å². The molecular formula is C17H16N6S. The molecule has 0 amide bonds. The van der Waals surface area contributed by atoms with Gasteiger partial charge < -0.3 is 10.7 Å². The number of amidine groups is 1. The van der Waals surface area contributed by atoms with Crippen LogP contribution in [-0.4, -0.2) is 26.5 Å². The second-order valence-corrected chi connectivity index (χ2v) is 6.69. The number of hydrogen-bond acceptors (Lipinski definition) is 6. The number of pyridine rings is 1. The quantitative estimate of drug-likeness (QED) is 0.753. The minimum Gasteiger partial charge on any atom is -0.385 e. The Labute approximate surface area is 143 Å². The molecule has 3 N–H and O–H groups in total. The summed E-state index contributed by atoms with van der Waals surface area (Å²) in [6.07, 6.45) is 3.38. The zero-order valence-corrected chi connectivity index (χ0v) is 14.1. The first kappa shape index (κ1) is 14.8. The van der Waals surface area contributed by atoms with Crippen LogP contribution >= 0.6 is 11.3 Å². The first-order chi connectivity index (χ1) is 11.6. The molecule has 0 saturated heterocycles. The zero-order chi connectivity index (χ0) is 16.7. The molecule has 3 aromatic rings. The maximum absolute atomic E-state index is 6.36. The Hall–Kier alpha value is -2.80. The fourth-order valence-corrected chi connectivity index (χ4v) is 3.61. The summed E-state index contributed by atoms with van der Waals surface area (Å²) in [4.78, 5) is 22.5. The standard InChI is InChI=1S/C17H16N6S/c1-10-13(21-9-20-10)14-11-5-3-7-19-15(11)22-16(18)17(2,23-14)12-6-4-8-24-12/h3-9H,1-2H3,(H,20,21)(H2,18,19,22). The maximum atomic E-state index is 6.36. The van der Waals surface area contributed by atoms with E-state index in [1.54, 1.807) is 23.9 Å². The van der Waals surface area contributed by atoms with E-state index in [4.69, 9.17) is 10.7 Å². The van der Waals surface area contributed by atoms with Gasteiger partial charge in [0.1, 0.15) is 11.4 Å². The molecule has 3 aromatic heterocycles. The Morgan fingerprint density at radius 2 is 2.08 bits per heavy atom. The highest BCUT2D eigenvalue weighted by molar-refractivity contribution is 7.10. The number of aromatic nitrogens is 3. The number of thiophene rings is 1. The maximum Gasteiger partial charge on any atom is 0.163 e. The Kier molecular flexibility index (Phi) is 3.31. The van der Waals surface area contributed by atoms with E-state index in [1.165, 1.54) is 0 Å². The molecule has 4 heterocycles. The Balaban J connectivity index is 2.04. The zero-order valence-electron chi connectivity index (χ0n) is 13.3. The lowest BCUT2D eigenvalue weighted by molar-refractivity contribution is 0.690. The molecule has 0 fully saturated rings. The van der Waals surface area contributed by atoms with E-state index < -0.39 is 5.54 Å². The molecule has 1 aliphatic heterocycles. The lowest BCUT2D eigenvalue weighted by Crippen LogP contribution is -2.36. The number of fused-ring (bicyclic) bond motifs is 1. The monoisotopic (exact) mass is 336 g/mol. The van der Waals surface area contributed by atoms with Gasteiger partial charge in [0.05, 0.1) is 23.4 Å². The van der Waals surface area contributed by atoms with Gasteiger partial charge in [-0.2, -0.15) is 0 Å². The molecule has 0 aliphatic carbocycles. The molecule has 0 bridgehead atoms. The predicted molar refractivity (Wildman–Crippen MR) is 96.2 cm³/mol. The van der Waals surface area contributed by atoms with E-state index in [2.05, 4.69) is 19.9 Å². The van der Waals surface area contributed by atoms with Gasteiger partial charge in [0, 0.05) is 16.6 Å². The molecule has 120 valence electrons. The lowest BCUT2D eigenvalue weighted by Gasteiger charge is -2.23. The first-order valence-electron chi connectivity index (χ1n) is 7.54. The molecule has 1 atom stereocenters. The number of imidazole rings is 1. The van der Waals surface area contributed by atoms with Crippen LogP contribution in [0.25, 0.3) is 0 Å². The van der Waals surface area contributed by atoms with Crippen molar-refractivity contribution in [3.63, 3.8) is 0 Å². The number of nitrogens with two attached hydrogens (primary N) is 1. The average Bonchev–Trinajstić information content (AvgIpc) is 3.23. The molecule has 7 heteroatoms. The van der Waals surface area contributed by atoms with Gasteiger partial charge in [0.25, 0.3) is 0 Å². The summed E-state index contributed by atoms with van der Waals surface area (Å²) in [5, 5.41) is 2.01. The van der Waals surface area contributed by atoms with Crippen LogP contribution in [0.5, 0.6) is 0 Å². The SMILES string of the molecule is Cc1nc[nH]c1C1=NC(C)(c2cccs2)C(N)=Nc2ncccc21. The lowest BCUT2D eigenvalue weighted by atomic mass is 9.98. The fraction of sp³-hybridized carbons (Fsp3) is 0.176. The van der Waals surface area contributed by atoms with Crippen LogP contribution in [0, 0.1) is 6.92 Å². The summed E-state index contributed by atoms with van der Waals surface area (Å²) in [6, 6.07) is 7.85. The highest BCUT2D eigenvalue weighted by Crippen LogP contribution is 2.35. The van der Waals surface area contributed by atoms with Crippen molar-refractivity contribution in [2.75, 3.05) is 0 Å². The molecular weight excluding hydrogens is 320 g/mol. The third kappa shape index (κ3) is 2.16. The van der Waals surface area contributed by atoms with E-state index in [0.717, 1.165) is 27.5 Å². The molecule has 1 unspecified atom stereocenters. The van der Waals surface area contributed by atoms with Gasteiger partial charge in [-0.1, -0.05) is 6.07 Å². The van der Waals surface area contributed by atoms with Crippen molar-refractivity contribution in [3.8, 4) is 0 Å². The number of H-pyrrole nitrogens is 1. The molecule has 1 aliphatic rings. The van der Waals surface area contributed by atoms with Crippen LogP contribution in [0.3, 0.4) is 0 Å². The number of aliphatic imine (C=N–C) groups is 2. The van der Waals surface area contributed by atoms with Crippen LogP contribution < -0.4 is 5.73 Å². The van der Waals surface area contributed by atoms with Gasteiger partial charge in [-0.05, 0) is 37.4 Å². The van der Waals surface area contributed by atoms with Gasteiger partial charge in [-0.15, -0.1) is 11.3 Å². The van der Waals surface area contributed by atoms with Crippen molar-refractivity contribution in [2.24, 2.45) is 15.7 Å². The summed E-state index contributed by atoms with van der Waals surface area (Å²) in [6.45, 7) is 3.93. The third-order valence-electron chi connectivity index (χ3n) is 4.17. The first-order valence-corrected chi connectivity index (χ1v) is 8.42. The molecule has 0 radical (unpaired) electrons. The third-order valence-corrected chi connectivity index (χ3v) is 5.25. The van der Waals surface area contributed by atoms with Crippen molar-refractivity contribution in [1.82, 2.24) is 15.0 Å². The Morgan fingerprint density at radius 3 is 2.79 bits per heavy atom. The summed E-state index contributed by atoms with van der Waals surface area (Å²) >= 11 is 1.61. The Morgan fingerprint density at radius 1 is 1.21 bits per heavy atom. The molecule has 0 saturated carbocycles. The van der Waals surface area contributed by atoms with Crippen molar-refractivity contribution in [1.29, 1.82) is 0 Å². The summed E-state index contributed by atoms with van der Waals surface area (Å²) in [7, 11) is 0. The number of rotatable bonds is 2. The van der Waals surface area contributed by atoms with Gasteiger partial charge in [0.2, 0.25) is 0 Å². The average molecular weight is 336 g/mol. The van der Waals surface area contributed by atoms with Gasteiger partial charge >= 0.3 is 0 Å². The van der Waals surface area contributed by atoms with E-state index in [-0.39, 0.29) is 0 Å². The predicted octanol–water partition coefficient (Wildman–Crippen LogP) is 2.93. The number of hydrogen-bond donors (Lipinski definition) is 2. The van der Waals surface area contributed by atoms with Crippen LogP contribution in [-0.2, 0) is 5.54 Å². The van der Waals surface area contributed by atoms with Gasteiger partial charge in [-0.3, -0.25) is 4.99 Å². The van der Waals surface area contributed by atoms with Crippen molar-refractivity contribution in [2.45, 2.75) is 19.4 Å². The Bertz CT molecular complexity index is 953. The molecule has 24 heavy (non-hydrogen) atoms. The highest BCUT2D eigenvalue weighted by atomic mass is 32.1. The van der Waals surface area contributed by atoms with Crippen LogP contribution in [0.2, 0.25) is 0 Å². The minimum atomic E-state index is -0.748. The molecule has 0 aromatic carbocycles. The molecule has 0 spiro atoms. The highest BCUT2D eigenvalue weighted by Gasteiger charge is 2.36. The molecule has 4 rings (SSSR count). The van der Waals surface area contributed by atoms with Crippen LogP contribution in [0.4, 0.5) is 5.82 Å². The normalized spacial score (nSPS) is 20.1. The van der Waals surface area contributed by atoms with Crippen molar-refractivity contribution in [3.05, 3.63) is 64.0 Å². The summed E-state index contributed by atoms with van der Waals surface area (Å²) in [5.74, 6) is 1.00. The second kappa shape index (κ2) is 5.38. The number of aromatic amines is 1. The summed E-state index contributed by atoms with van der Waals surface area (Å²) in [5.41, 5.74) is 8.95. The van der Waals surface area contributed by atoms with E-state index in [0.29, 0.717) is 11.7 Å². The molecule has 6 nitrogen and oxygen atoms in total. The minimum absolute atomic E-state index is 0.428. The second-order valence-electron chi connectivity index (χ2n) is 5.74. The van der Waals surface area contributed by atoms with Crippen molar-refractivity contribution >= 4 is 28.7 Å². The topological polar surface area (TPSA) is 92.3 Å². The number of nitrogens with one attached hydrogen (secondary N) is 1. The van der Waals surface area contributed by atoms with Gasteiger partial charge in [0.15, 0.2) is 5.82 Å². The largest absolute Gasteiger partial charge is 0.385 e. The van der Waals surface area contributed by atoms with Crippen molar-refractivity contribution < 1.29 is 0 Å². The number of nitrogens with zero attached hydrogens (tertiary/aromatic N) is 4. The summed E-state index contributed by atoms with van der Waals surface area (Å²) < 4.78 is 0. The van der Waals surface area contributed by atoms with Crippen LogP contribution in [0.1, 0.15) is 28.8 Å². The van der Waals surface area contributed by atoms with E-state index in [1.807, 2.05) is 43.5 Å². The van der Waals surface area contributed by atoms with Gasteiger partial charge in [-0.25, -0.2) is 15.0 Å². The van der Waals surface area contributed by atoms with E-state index in [9.17, 15) is 0 Å². The smallest absolute Gasteiger partial charge is 0.163 e. The number of aryl methyl sites for hydroxylation is 1. The fourth-order valence-electron chi connectivity index (χ4n) is 2.76. The van der Waals surface area contributed by atoms with E-state index >= 15 is 0 Å².